The lowest BCUT2D eigenvalue weighted by Gasteiger charge is -2.17. The van der Waals surface area contributed by atoms with E-state index in [0.717, 1.165) is 12.2 Å². The number of aromatic nitrogens is 1. The highest BCUT2D eigenvalue weighted by atomic mass is 15.1. The summed E-state index contributed by atoms with van der Waals surface area (Å²) in [6.45, 7) is 6.46. The van der Waals surface area contributed by atoms with Gasteiger partial charge in [0.15, 0.2) is 0 Å². The van der Waals surface area contributed by atoms with Gasteiger partial charge >= 0.3 is 0 Å². The lowest BCUT2D eigenvalue weighted by molar-refractivity contribution is 0.993. The van der Waals surface area contributed by atoms with Crippen molar-refractivity contribution in [3.8, 4) is 0 Å². The second-order valence-electron chi connectivity index (χ2n) is 3.62. The maximum atomic E-state index is 4.41. The molecule has 0 amide bonds. The van der Waals surface area contributed by atoms with Crippen molar-refractivity contribution in [3.63, 3.8) is 0 Å². The van der Waals surface area contributed by atoms with Gasteiger partial charge in [0.05, 0.1) is 0 Å². The van der Waals surface area contributed by atoms with E-state index < -0.39 is 0 Å². The Kier molecular flexibility index (Phi) is 2.91. The summed E-state index contributed by atoms with van der Waals surface area (Å²) in [5, 5.41) is 0. The molecule has 0 atom stereocenters. The predicted molar refractivity (Wildman–Crippen MR) is 57.4 cm³/mol. The first-order chi connectivity index (χ1) is 6.07. The van der Waals surface area contributed by atoms with Gasteiger partial charge in [-0.1, -0.05) is 6.92 Å². The molecule has 13 heavy (non-hydrogen) atoms. The molecule has 0 aromatic carbocycles. The first kappa shape index (κ1) is 10.0. The molecule has 72 valence electrons. The van der Waals surface area contributed by atoms with Crippen LogP contribution in [0.25, 0.3) is 0 Å². The fraction of sp³-hybridized carbons (Fsp3) is 0.545. The van der Waals surface area contributed by atoms with E-state index in [1.165, 1.54) is 16.7 Å². The van der Waals surface area contributed by atoms with Gasteiger partial charge in [-0.15, -0.1) is 0 Å². The van der Waals surface area contributed by atoms with Crippen LogP contribution >= 0.6 is 0 Å². The molecule has 0 radical (unpaired) electrons. The molecule has 1 aromatic heterocycles. The Morgan fingerprint density at radius 1 is 1.31 bits per heavy atom. The second kappa shape index (κ2) is 3.77. The fourth-order valence-electron chi connectivity index (χ4n) is 1.76. The van der Waals surface area contributed by atoms with E-state index in [9.17, 15) is 0 Å². The van der Waals surface area contributed by atoms with Crippen molar-refractivity contribution in [1.29, 1.82) is 0 Å². The van der Waals surface area contributed by atoms with E-state index in [1.54, 1.807) is 0 Å². The smallest absolute Gasteiger partial charge is 0.131 e. The zero-order valence-corrected chi connectivity index (χ0v) is 9.18. The van der Waals surface area contributed by atoms with Crippen LogP contribution in [0.3, 0.4) is 0 Å². The van der Waals surface area contributed by atoms with Crippen LogP contribution in [0, 0.1) is 13.8 Å². The molecule has 0 bridgehead atoms. The van der Waals surface area contributed by atoms with Crippen molar-refractivity contribution in [2.24, 2.45) is 0 Å². The highest BCUT2D eigenvalue weighted by molar-refractivity contribution is 5.51. The lowest BCUT2D eigenvalue weighted by Crippen LogP contribution is -2.13. The zero-order chi connectivity index (χ0) is 10.0. The summed E-state index contributed by atoms with van der Waals surface area (Å²) >= 11 is 0. The molecule has 0 aliphatic heterocycles. The summed E-state index contributed by atoms with van der Waals surface area (Å²) in [4.78, 5) is 6.48. The summed E-state index contributed by atoms with van der Waals surface area (Å²) in [6, 6.07) is 0. The fourth-order valence-corrected chi connectivity index (χ4v) is 1.76. The van der Waals surface area contributed by atoms with E-state index in [4.69, 9.17) is 0 Å². The number of pyridine rings is 1. The third-order valence-corrected chi connectivity index (χ3v) is 2.42. The number of hydrogen-bond acceptors (Lipinski definition) is 2. The third-order valence-electron chi connectivity index (χ3n) is 2.42. The van der Waals surface area contributed by atoms with Crippen LogP contribution in [-0.4, -0.2) is 19.1 Å². The molecule has 0 spiro atoms. The summed E-state index contributed by atoms with van der Waals surface area (Å²) in [6.07, 6.45) is 3.04. The first-order valence-corrected chi connectivity index (χ1v) is 4.70. The van der Waals surface area contributed by atoms with Crippen LogP contribution in [0.2, 0.25) is 0 Å². The van der Waals surface area contributed by atoms with Crippen molar-refractivity contribution >= 4 is 5.82 Å². The molecule has 2 nitrogen and oxygen atoms in total. The quantitative estimate of drug-likeness (QED) is 0.691. The van der Waals surface area contributed by atoms with Gasteiger partial charge in [-0.3, -0.25) is 0 Å². The molecule has 0 aliphatic rings. The van der Waals surface area contributed by atoms with E-state index >= 15 is 0 Å². The summed E-state index contributed by atoms with van der Waals surface area (Å²) < 4.78 is 0. The molecule has 1 rings (SSSR count). The SMILES string of the molecule is CCc1c(C)cnc(N(C)C)c1C. The Labute approximate surface area is 80.6 Å². The van der Waals surface area contributed by atoms with Crippen LogP contribution in [0.5, 0.6) is 0 Å². The number of anilines is 1. The van der Waals surface area contributed by atoms with Gasteiger partial charge in [0, 0.05) is 20.3 Å². The normalized spacial score (nSPS) is 10.2. The largest absolute Gasteiger partial charge is 0.363 e. The molecule has 0 N–H and O–H groups in total. The van der Waals surface area contributed by atoms with Gasteiger partial charge in [-0.05, 0) is 37.0 Å². The molecule has 0 saturated carbocycles. The minimum Gasteiger partial charge on any atom is -0.363 e. The Balaban J connectivity index is 3.27. The molecule has 1 heterocycles. The number of aryl methyl sites for hydroxylation is 1. The summed E-state index contributed by atoms with van der Waals surface area (Å²) in [5.41, 5.74) is 4.04. The maximum Gasteiger partial charge on any atom is 0.131 e. The maximum absolute atomic E-state index is 4.41. The average Bonchev–Trinajstić information content (AvgIpc) is 2.04. The third kappa shape index (κ3) is 1.82. The van der Waals surface area contributed by atoms with Crippen LogP contribution < -0.4 is 4.90 Å². The minimum atomic E-state index is 1.08. The zero-order valence-electron chi connectivity index (χ0n) is 9.18. The van der Waals surface area contributed by atoms with Gasteiger partial charge in [-0.25, -0.2) is 4.98 Å². The molecule has 0 unspecified atom stereocenters. The Morgan fingerprint density at radius 3 is 2.38 bits per heavy atom. The summed E-state index contributed by atoms with van der Waals surface area (Å²) in [5.74, 6) is 1.09. The van der Waals surface area contributed by atoms with Gasteiger partial charge in [0.1, 0.15) is 5.82 Å². The molecule has 0 aliphatic carbocycles. The number of hydrogen-bond donors (Lipinski definition) is 0. The molecular weight excluding hydrogens is 160 g/mol. The molecular formula is C11H18N2. The van der Waals surface area contributed by atoms with Crippen LogP contribution in [0.15, 0.2) is 6.20 Å². The summed E-state index contributed by atoms with van der Waals surface area (Å²) in [7, 11) is 4.06. The van der Waals surface area contributed by atoms with E-state index in [2.05, 4.69) is 30.7 Å². The van der Waals surface area contributed by atoms with Gasteiger partial charge in [0.2, 0.25) is 0 Å². The monoisotopic (exact) mass is 178 g/mol. The van der Waals surface area contributed by atoms with E-state index in [1.807, 2.05) is 20.3 Å². The molecule has 1 aromatic rings. The van der Waals surface area contributed by atoms with Crippen LogP contribution in [0.1, 0.15) is 23.6 Å². The minimum absolute atomic E-state index is 1.08. The van der Waals surface area contributed by atoms with E-state index in [0.29, 0.717) is 0 Å². The Hall–Kier alpha value is -1.05. The second-order valence-corrected chi connectivity index (χ2v) is 3.62. The predicted octanol–water partition coefficient (Wildman–Crippen LogP) is 2.33. The van der Waals surface area contributed by atoms with Crippen molar-refractivity contribution in [1.82, 2.24) is 4.98 Å². The van der Waals surface area contributed by atoms with Crippen molar-refractivity contribution in [2.45, 2.75) is 27.2 Å². The molecule has 0 fully saturated rings. The highest BCUT2D eigenvalue weighted by Gasteiger charge is 2.07. The topological polar surface area (TPSA) is 16.1 Å². The molecule has 2 heteroatoms. The van der Waals surface area contributed by atoms with Crippen LogP contribution in [-0.2, 0) is 6.42 Å². The Bertz CT molecular complexity index is 303. The van der Waals surface area contributed by atoms with Crippen molar-refractivity contribution < 1.29 is 0 Å². The van der Waals surface area contributed by atoms with Gasteiger partial charge in [0.25, 0.3) is 0 Å². The van der Waals surface area contributed by atoms with E-state index in [-0.39, 0.29) is 0 Å². The highest BCUT2D eigenvalue weighted by Crippen LogP contribution is 2.21. The lowest BCUT2D eigenvalue weighted by atomic mass is 10.0. The van der Waals surface area contributed by atoms with Crippen molar-refractivity contribution in [2.75, 3.05) is 19.0 Å². The van der Waals surface area contributed by atoms with Gasteiger partial charge < -0.3 is 4.90 Å². The average molecular weight is 178 g/mol. The van der Waals surface area contributed by atoms with Crippen molar-refractivity contribution in [3.05, 3.63) is 22.9 Å². The van der Waals surface area contributed by atoms with Gasteiger partial charge in [-0.2, -0.15) is 0 Å². The Morgan fingerprint density at radius 2 is 1.92 bits per heavy atom. The number of nitrogens with zero attached hydrogens (tertiary/aromatic N) is 2. The first-order valence-electron chi connectivity index (χ1n) is 4.70. The van der Waals surface area contributed by atoms with Crippen LogP contribution in [0.4, 0.5) is 5.82 Å². The standard InChI is InChI=1S/C11H18N2/c1-6-10-8(2)7-12-11(9(10)3)13(4)5/h7H,6H2,1-5H3. The molecule has 0 saturated heterocycles. The number of rotatable bonds is 2.